The summed E-state index contributed by atoms with van der Waals surface area (Å²) >= 11 is 0. The molecule has 0 aliphatic carbocycles. The highest BCUT2D eigenvalue weighted by atomic mass is 15.0. The van der Waals surface area contributed by atoms with Crippen LogP contribution in [-0.2, 0) is 0 Å². The standard InChI is InChI=1S/C7H7N3/c1-6-9-4-7-2-3-8-5-10(6)7/h2-5H,1H3. The van der Waals surface area contributed by atoms with Gasteiger partial charge in [-0.05, 0) is 13.0 Å². The summed E-state index contributed by atoms with van der Waals surface area (Å²) in [5.41, 5.74) is 1.09. The van der Waals surface area contributed by atoms with Gasteiger partial charge in [-0.3, -0.25) is 4.40 Å². The van der Waals surface area contributed by atoms with E-state index in [1.54, 1.807) is 12.5 Å². The van der Waals surface area contributed by atoms with Gasteiger partial charge in [0.2, 0.25) is 0 Å². The first-order valence-electron chi connectivity index (χ1n) is 3.11. The zero-order valence-electron chi connectivity index (χ0n) is 5.65. The third-order valence-corrected chi connectivity index (χ3v) is 1.52. The average molecular weight is 133 g/mol. The zero-order chi connectivity index (χ0) is 6.97. The minimum absolute atomic E-state index is 0.975. The van der Waals surface area contributed by atoms with Crippen LogP contribution < -0.4 is 0 Å². The molecular weight excluding hydrogens is 126 g/mol. The minimum atomic E-state index is 0.975. The molecule has 2 heterocycles. The van der Waals surface area contributed by atoms with E-state index < -0.39 is 0 Å². The molecule has 3 nitrogen and oxygen atoms in total. The monoisotopic (exact) mass is 133 g/mol. The second-order valence-electron chi connectivity index (χ2n) is 2.18. The molecular formula is C7H7N3. The number of hydrogen-bond acceptors (Lipinski definition) is 2. The van der Waals surface area contributed by atoms with Crippen LogP contribution in [0.15, 0.2) is 24.8 Å². The lowest BCUT2D eigenvalue weighted by Crippen LogP contribution is -1.87. The zero-order valence-corrected chi connectivity index (χ0v) is 5.65. The molecule has 0 amide bonds. The van der Waals surface area contributed by atoms with Crippen LogP contribution in [0.1, 0.15) is 5.82 Å². The summed E-state index contributed by atoms with van der Waals surface area (Å²) in [7, 11) is 0. The van der Waals surface area contributed by atoms with E-state index in [-0.39, 0.29) is 0 Å². The van der Waals surface area contributed by atoms with Crippen molar-refractivity contribution in [3.05, 3.63) is 30.6 Å². The lowest BCUT2D eigenvalue weighted by Gasteiger charge is -1.90. The number of aromatic nitrogens is 3. The van der Waals surface area contributed by atoms with E-state index in [4.69, 9.17) is 0 Å². The average Bonchev–Trinajstić information content (AvgIpc) is 2.34. The Labute approximate surface area is 58.4 Å². The minimum Gasteiger partial charge on any atom is -0.287 e. The van der Waals surface area contributed by atoms with Crippen molar-refractivity contribution in [2.45, 2.75) is 6.92 Å². The molecule has 0 aromatic carbocycles. The molecule has 10 heavy (non-hydrogen) atoms. The largest absolute Gasteiger partial charge is 0.287 e. The Kier molecular flexibility index (Phi) is 0.974. The number of nitrogens with zero attached hydrogens (tertiary/aromatic N) is 3. The predicted molar refractivity (Wildman–Crippen MR) is 37.7 cm³/mol. The first-order chi connectivity index (χ1) is 4.88. The summed E-state index contributed by atoms with van der Waals surface area (Å²) in [5, 5.41) is 0. The summed E-state index contributed by atoms with van der Waals surface area (Å²) in [4.78, 5) is 8.09. The number of aryl methyl sites for hydroxylation is 1. The van der Waals surface area contributed by atoms with Crippen LogP contribution in [0.4, 0.5) is 0 Å². The second-order valence-corrected chi connectivity index (χ2v) is 2.18. The van der Waals surface area contributed by atoms with Crippen LogP contribution in [0.3, 0.4) is 0 Å². The van der Waals surface area contributed by atoms with Crippen molar-refractivity contribution < 1.29 is 0 Å². The van der Waals surface area contributed by atoms with Crippen LogP contribution in [0.2, 0.25) is 0 Å². The molecule has 50 valence electrons. The lowest BCUT2D eigenvalue weighted by molar-refractivity contribution is 1.000. The fraction of sp³-hybridized carbons (Fsp3) is 0.143. The maximum absolute atomic E-state index is 4.12. The molecule has 0 aliphatic heterocycles. The van der Waals surface area contributed by atoms with Gasteiger partial charge in [-0.15, -0.1) is 0 Å². The van der Waals surface area contributed by atoms with E-state index >= 15 is 0 Å². The van der Waals surface area contributed by atoms with Gasteiger partial charge in [0.15, 0.2) is 0 Å². The van der Waals surface area contributed by atoms with Crippen molar-refractivity contribution in [1.82, 2.24) is 14.4 Å². The van der Waals surface area contributed by atoms with Gasteiger partial charge in [0.05, 0.1) is 11.7 Å². The Morgan fingerprint density at radius 2 is 2.40 bits per heavy atom. The Bertz CT molecular complexity index is 350. The van der Waals surface area contributed by atoms with Crippen molar-refractivity contribution in [3.63, 3.8) is 0 Å². The summed E-state index contributed by atoms with van der Waals surface area (Å²) in [6.45, 7) is 1.95. The molecule has 2 aromatic rings. The Morgan fingerprint density at radius 3 is 3.20 bits per heavy atom. The molecule has 0 radical (unpaired) electrons. The quantitative estimate of drug-likeness (QED) is 0.537. The van der Waals surface area contributed by atoms with Gasteiger partial charge >= 0.3 is 0 Å². The SMILES string of the molecule is Cc1ncc2ccncn12. The molecule has 3 heteroatoms. The molecule has 0 saturated carbocycles. The Morgan fingerprint density at radius 1 is 1.50 bits per heavy atom. The normalized spacial score (nSPS) is 10.5. The van der Waals surface area contributed by atoms with Gasteiger partial charge in [-0.1, -0.05) is 0 Å². The number of imidazole rings is 1. The smallest absolute Gasteiger partial charge is 0.111 e. The van der Waals surface area contributed by atoms with Gasteiger partial charge in [-0.2, -0.15) is 0 Å². The fourth-order valence-corrected chi connectivity index (χ4v) is 0.969. The lowest BCUT2D eigenvalue weighted by atomic mass is 10.5. The van der Waals surface area contributed by atoms with Gasteiger partial charge in [-0.25, -0.2) is 9.97 Å². The van der Waals surface area contributed by atoms with E-state index in [9.17, 15) is 0 Å². The van der Waals surface area contributed by atoms with E-state index in [1.165, 1.54) is 0 Å². The van der Waals surface area contributed by atoms with Gasteiger partial charge in [0.25, 0.3) is 0 Å². The number of rotatable bonds is 0. The molecule has 2 aromatic heterocycles. The van der Waals surface area contributed by atoms with Crippen molar-refractivity contribution in [2.75, 3.05) is 0 Å². The molecule has 0 unspecified atom stereocenters. The molecule has 0 N–H and O–H groups in total. The summed E-state index contributed by atoms with van der Waals surface area (Å²) in [5.74, 6) is 0.975. The van der Waals surface area contributed by atoms with E-state index in [0.29, 0.717) is 0 Å². The molecule has 0 spiro atoms. The number of fused-ring (bicyclic) bond motifs is 1. The highest BCUT2D eigenvalue weighted by molar-refractivity contribution is 5.43. The highest BCUT2D eigenvalue weighted by Gasteiger charge is 1.93. The second kappa shape index (κ2) is 1.80. The summed E-state index contributed by atoms with van der Waals surface area (Å²) < 4.78 is 1.94. The van der Waals surface area contributed by atoms with Crippen LogP contribution in [0.5, 0.6) is 0 Å². The Balaban J connectivity index is 2.93. The summed E-state index contributed by atoms with van der Waals surface area (Å²) in [6.07, 6.45) is 5.35. The molecule has 0 saturated heterocycles. The van der Waals surface area contributed by atoms with Gasteiger partial charge in [0.1, 0.15) is 12.2 Å². The van der Waals surface area contributed by atoms with Crippen molar-refractivity contribution >= 4 is 5.52 Å². The molecule has 0 aliphatic rings. The highest BCUT2D eigenvalue weighted by Crippen LogP contribution is 2.01. The maximum atomic E-state index is 4.12. The van der Waals surface area contributed by atoms with Gasteiger partial charge in [0, 0.05) is 6.20 Å². The molecule has 0 bridgehead atoms. The van der Waals surface area contributed by atoms with Crippen molar-refractivity contribution in [3.8, 4) is 0 Å². The van der Waals surface area contributed by atoms with E-state index in [1.807, 2.05) is 23.6 Å². The first kappa shape index (κ1) is 5.41. The van der Waals surface area contributed by atoms with Crippen LogP contribution in [-0.4, -0.2) is 14.4 Å². The topological polar surface area (TPSA) is 30.2 Å². The molecule has 0 atom stereocenters. The van der Waals surface area contributed by atoms with Crippen LogP contribution in [0.25, 0.3) is 5.52 Å². The molecule has 2 rings (SSSR count). The molecule has 0 fully saturated rings. The summed E-state index contributed by atoms with van der Waals surface area (Å²) in [6, 6.07) is 1.93. The van der Waals surface area contributed by atoms with E-state index in [2.05, 4.69) is 9.97 Å². The van der Waals surface area contributed by atoms with Crippen LogP contribution >= 0.6 is 0 Å². The maximum Gasteiger partial charge on any atom is 0.111 e. The van der Waals surface area contributed by atoms with Crippen LogP contribution in [0, 0.1) is 6.92 Å². The van der Waals surface area contributed by atoms with E-state index in [0.717, 1.165) is 11.3 Å². The van der Waals surface area contributed by atoms with Crippen molar-refractivity contribution in [1.29, 1.82) is 0 Å². The first-order valence-corrected chi connectivity index (χ1v) is 3.11. The number of hydrogen-bond donors (Lipinski definition) is 0. The predicted octanol–water partition coefficient (Wildman–Crippen LogP) is 1.04. The Hall–Kier alpha value is -1.38. The van der Waals surface area contributed by atoms with Gasteiger partial charge < -0.3 is 0 Å². The third-order valence-electron chi connectivity index (χ3n) is 1.52. The fourth-order valence-electron chi connectivity index (χ4n) is 0.969. The van der Waals surface area contributed by atoms with Crippen molar-refractivity contribution in [2.24, 2.45) is 0 Å². The third kappa shape index (κ3) is 0.603.